The molecule has 3 aromatic rings. The number of rotatable bonds is 7. The number of hydrogen-bond donors (Lipinski definition) is 2. The number of ether oxygens (including phenoxy) is 1. The van der Waals surface area contributed by atoms with Gasteiger partial charge in [-0.15, -0.1) is 0 Å². The van der Waals surface area contributed by atoms with Gasteiger partial charge in [-0.05, 0) is 110 Å². The highest BCUT2D eigenvalue weighted by atomic mass is 16.5. The number of phenols is 1. The largest absolute Gasteiger partial charge is 0.508 e. The van der Waals surface area contributed by atoms with Crippen LogP contribution < -0.4 is 15.0 Å². The van der Waals surface area contributed by atoms with E-state index in [4.69, 9.17) is 4.74 Å². The van der Waals surface area contributed by atoms with E-state index >= 15 is 0 Å². The summed E-state index contributed by atoms with van der Waals surface area (Å²) in [5.74, 6) is 2.41. The summed E-state index contributed by atoms with van der Waals surface area (Å²) in [6.45, 7) is 6.32. The minimum atomic E-state index is 0.371. The van der Waals surface area contributed by atoms with Crippen LogP contribution in [-0.4, -0.2) is 31.9 Å². The summed E-state index contributed by atoms with van der Waals surface area (Å²) < 4.78 is 5.65. The molecule has 0 saturated carbocycles. The van der Waals surface area contributed by atoms with Crippen molar-refractivity contribution >= 4 is 5.69 Å². The molecule has 3 aromatic carbocycles. The highest BCUT2D eigenvalue weighted by Gasteiger charge is 2.25. The van der Waals surface area contributed by atoms with E-state index in [1.165, 1.54) is 46.3 Å². The van der Waals surface area contributed by atoms with Crippen LogP contribution in [-0.2, 0) is 19.4 Å². The second-order valence-corrected chi connectivity index (χ2v) is 10.1. The molecule has 1 fully saturated rings. The molecule has 1 saturated heterocycles. The predicted molar refractivity (Wildman–Crippen MR) is 144 cm³/mol. The molecule has 1 aliphatic heterocycles. The third-order valence-electron chi connectivity index (χ3n) is 7.95. The van der Waals surface area contributed by atoms with Gasteiger partial charge in [-0.25, -0.2) is 0 Å². The number of benzene rings is 3. The molecule has 35 heavy (non-hydrogen) atoms. The highest BCUT2D eigenvalue weighted by molar-refractivity contribution is 5.60. The van der Waals surface area contributed by atoms with Crippen LogP contribution in [0.1, 0.15) is 65.8 Å². The highest BCUT2D eigenvalue weighted by Crippen LogP contribution is 2.40. The Balaban J connectivity index is 1.42. The van der Waals surface area contributed by atoms with Gasteiger partial charge in [0.05, 0.1) is 7.11 Å². The predicted octanol–water partition coefficient (Wildman–Crippen LogP) is 6.17. The smallest absolute Gasteiger partial charge is 0.120 e. The van der Waals surface area contributed by atoms with Crippen LogP contribution in [0.15, 0.2) is 60.7 Å². The number of phenolic OH excluding ortho intramolecular Hbond substituents is 1. The summed E-state index contributed by atoms with van der Waals surface area (Å²) in [4.78, 5) is 2.51. The molecular formula is C31H38N2O2. The van der Waals surface area contributed by atoms with Gasteiger partial charge in [-0.3, -0.25) is 0 Å². The summed E-state index contributed by atoms with van der Waals surface area (Å²) >= 11 is 0. The second-order valence-electron chi connectivity index (χ2n) is 10.1. The Morgan fingerprint density at radius 3 is 2.60 bits per heavy atom. The van der Waals surface area contributed by atoms with Crippen molar-refractivity contribution in [2.75, 3.05) is 31.6 Å². The van der Waals surface area contributed by atoms with E-state index in [1.807, 2.05) is 12.1 Å². The number of nitrogens with one attached hydrogen (secondary N) is 1. The number of methoxy groups -OCH3 is 1. The van der Waals surface area contributed by atoms with Crippen molar-refractivity contribution in [1.82, 2.24) is 5.32 Å². The number of anilines is 1. The first-order valence-electron chi connectivity index (χ1n) is 13.2. The lowest BCUT2D eigenvalue weighted by Crippen LogP contribution is -2.27. The number of aromatic hydroxyl groups is 1. The lowest BCUT2D eigenvalue weighted by atomic mass is 9.79. The Bertz CT molecular complexity index is 1150. The zero-order valence-electron chi connectivity index (χ0n) is 21.1. The molecule has 0 amide bonds. The SMILES string of the molecule is CCN(Cc1cccc(C2CCNCC2)c1)c1cc(OC)ccc1C1CCc2cc(O)ccc2C1. The number of piperidine rings is 1. The van der Waals surface area contributed by atoms with Crippen molar-refractivity contribution in [3.63, 3.8) is 0 Å². The van der Waals surface area contributed by atoms with Gasteiger partial charge in [0.2, 0.25) is 0 Å². The van der Waals surface area contributed by atoms with Gasteiger partial charge in [0.15, 0.2) is 0 Å². The molecule has 0 aromatic heterocycles. The average molecular weight is 471 g/mol. The summed E-state index contributed by atoms with van der Waals surface area (Å²) in [6, 6.07) is 21.7. The van der Waals surface area contributed by atoms with Gasteiger partial charge in [0.25, 0.3) is 0 Å². The van der Waals surface area contributed by atoms with Gasteiger partial charge in [0, 0.05) is 24.8 Å². The molecule has 184 valence electrons. The zero-order chi connectivity index (χ0) is 24.2. The maximum atomic E-state index is 9.90. The fourth-order valence-electron chi connectivity index (χ4n) is 5.96. The van der Waals surface area contributed by atoms with E-state index in [1.54, 1.807) is 7.11 Å². The quantitative estimate of drug-likeness (QED) is 0.434. The van der Waals surface area contributed by atoms with E-state index in [-0.39, 0.29) is 0 Å². The Morgan fingerprint density at radius 1 is 0.943 bits per heavy atom. The molecule has 4 heteroatoms. The molecule has 0 radical (unpaired) electrons. The summed E-state index contributed by atoms with van der Waals surface area (Å²) in [5.41, 5.74) is 8.20. The van der Waals surface area contributed by atoms with Crippen molar-refractivity contribution in [2.24, 2.45) is 0 Å². The summed E-state index contributed by atoms with van der Waals surface area (Å²) in [7, 11) is 1.75. The van der Waals surface area contributed by atoms with Crippen molar-refractivity contribution < 1.29 is 9.84 Å². The second kappa shape index (κ2) is 10.7. The molecular weight excluding hydrogens is 432 g/mol. The maximum Gasteiger partial charge on any atom is 0.120 e. The Hall–Kier alpha value is -2.98. The van der Waals surface area contributed by atoms with Crippen LogP contribution in [0.3, 0.4) is 0 Å². The lowest BCUT2D eigenvalue weighted by molar-refractivity contribution is 0.414. The van der Waals surface area contributed by atoms with Crippen LogP contribution in [0.2, 0.25) is 0 Å². The molecule has 1 unspecified atom stereocenters. The summed E-state index contributed by atoms with van der Waals surface area (Å²) in [5, 5.41) is 13.4. The van der Waals surface area contributed by atoms with E-state index in [9.17, 15) is 5.11 Å². The maximum absolute atomic E-state index is 9.90. The van der Waals surface area contributed by atoms with Gasteiger partial charge >= 0.3 is 0 Å². The zero-order valence-corrected chi connectivity index (χ0v) is 21.1. The van der Waals surface area contributed by atoms with Crippen LogP contribution >= 0.6 is 0 Å². The van der Waals surface area contributed by atoms with E-state index in [0.29, 0.717) is 17.6 Å². The van der Waals surface area contributed by atoms with Crippen LogP contribution in [0.5, 0.6) is 11.5 Å². The van der Waals surface area contributed by atoms with Crippen LogP contribution in [0.25, 0.3) is 0 Å². The molecule has 2 N–H and O–H groups in total. The first-order chi connectivity index (χ1) is 17.1. The number of fused-ring (bicyclic) bond motifs is 1. The monoisotopic (exact) mass is 470 g/mol. The lowest BCUT2D eigenvalue weighted by Gasteiger charge is -2.32. The minimum Gasteiger partial charge on any atom is -0.508 e. The third kappa shape index (κ3) is 5.33. The normalized spacial score (nSPS) is 18.2. The van der Waals surface area contributed by atoms with E-state index in [2.05, 4.69) is 65.7 Å². The topological polar surface area (TPSA) is 44.7 Å². The van der Waals surface area contributed by atoms with Crippen LogP contribution in [0.4, 0.5) is 5.69 Å². The van der Waals surface area contributed by atoms with Crippen molar-refractivity contribution in [1.29, 1.82) is 0 Å². The number of aryl methyl sites for hydroxylation is 1. The minimum absolute atomic E-state index is 0.371. The molecule has 5 rings (SSSR count). The molecule has 1 heterocycles. The molecule has 4 nitrogen and oxygen atoms in total. The molecule has 1 aliphatic carbocycles. The average Bonchev–Trinajstić information content (AvgIpc) is 2.91. The summed E-state index contributed by atoms with van der Waals surface area (Å²) in [6.07, 6.45) is 5.56. The fraction of sp³-hybridized carbons (Fsp3) is 0.419. The van der Waals surface area contributed by atoms with Gasteiger partial charge in [-0.1, -0.05) is 36.4 Å². The first-order valence-corrected chi connectivity index (χ1v) is 13.2. The van der Waals surface area contributed by atoms with E-state index in [0.717, 1.165) is 51.2 Å². The molecule has 0 bridgehead atoms. The molecule has 2 aliphatic rings. The van der Waals surface area contributed by atoms with Gasteiger partial charge < -0.3 is 20.1 Å². The Morgan fingerprint density at radius 2 is 1.80 bits per heavy atom. The van der Waals surface area contributed by atoms with Crippen molar-refractivity contribution in [2.45, 2.75) is 57.4 Å². The fourth-order valence-corrected chi connectivity index (χ4v) is 5.96. The number of hydrogen-bond acceptors (Lipinski definition) is 4. The van der Waals surface area contributed by atoms with Crippen LogP contribution in [0, 0.1) is 0 Å². The van der Waals surface area contributed by atoms with Gasteiger partial charge in [-0.2, -0.15) is 0 Å². The molecule has 0 spiro atoms. The Kier molecular flexibility index (Phi) is 7.29. The Labute approximate surface area is 209 Å². The number of nitrogens with zero attached hydrogens (tertiary/aromatic N) is 1. The molecule has 1 atom stereocenters. The van der Waals surface area contributed by atoms with Gasteiger partial charge in [0.1, 0.15) is 11.5 Å². The van der Waals surface area contributed by atoms with E-state index < -0.39 is 0 Å². The first kappa shape index (κ1) is 23.7. The standard InChI is InChI=1S/C31H38N2O2/c1-3-33(21-22-5-4-6-24(17-22)23-13-15-32-16-14-23)31-20-29(35-2)11-12-30(31)27-8-7-26-19-28(34)10-9-25(26)18-27/h4-6,9-12,17,19-20,23,27,32,34H,3,7-8,13-16,18,21H2,1-2H3. The van der Waals surface area contributed by atoms with Crippen molar-refractivity contribution in [3.05, 3.63) is 88.5 Å². The third-order valence-corrected chi connectivity index (χ3v) is 7.95. The van der Waals surface area contributed by atoms with Crippen molar-refractivity contribution in [3.8, 4) is 11.5 Å².